The number of rotatable bonds is 6. The summed E-state index contributed by atoms with van der Waals surface area (Å²) >= 11 is 0. The first kappa shape index (κ1) is 18.3. The van der Waals surface area contributed by atoms with Crippen LogP contribution in [-0.2, 0) is 6.42 Å². The van der Waals surface area contributed by atoms with Crippen LogP contribution in [0.3, 0.4) is 0 Å². The zero-order valence-electron chi connectivity index (χ0n) is 15.0. The van der Waals surface area contributed by atoms with E-state index in [1.54, 1.807) is 36.4 Å². The number of ether oxygens (including phenoxy) is 1. The second kappa shape index (κ2) is 7.78. The summed E-state index contributed by atoms with van der Waals surface area (Å²) in [5.41, 5.74) is 2.88. The first-order valence-electron chi connectivity index (χ1n) is 8.43. The van der Waals surface area contributed by atoms with E-state index in [9.17, 15) is 9.59 Å². The molecule has 0 aliphatic heterocycles. The zero-order valence-corrected chi connectivity index (χ0v) is 15.0. The molecule has 0 fully saturated rings. The fraction of sp³-hybridized carbons (Fsp3) is 0.143. The molecule has 0 atom stereocenters. The molecule has 27 heavy (non-hydrogen) atoms. The van der Waals surface area contributed by atoms with Gasteiger partial charge in [-0.25, -0.2) is 4.79 Å². The SMILES string of the molecule is CCc1ccc(C(=O)Nc2ccc(-c3ccc(C(=O)O)o3)c(OC)c2)cc1. The molecule has 6 heteroatoms. The third-order valence-corrected chi connectivity index (χ3v) is 4.17. The lowest BCUT2D eigenvalue weighted by Gasteiger charge is -2.11. The smallest absolute Gasteiger partial charge is 0.371 e. The molecule has 0 spiro atoms. The van der Waals surface area contributed by atoms with Crippen molar-refractivity contribution in [3.63, 3.8) is 0 Å². The van der Waals surface area contributed by atoms with Crippen molar-refractivity contribution in [1.29, 1.82) is 0 Å². The van der Waals surface area contributed by atoms with Gasteiger partial charge in [-0.05, 0) is 48.4 Å². The number of hydrogen-bond donors (Lipinski definition) is 2. The number of nitrogens with one attached hydrogen (secondary N) is 1. The van der Waals surface area contributed by atoms with Crippen LogP contribution in [0, 0.1) is 0 Å². The molecule has 0 aliphatic carbocycles. The average molecular weight is 365 g/mol. The minimum atomic E-state index is -1.14. The zero-order chi connectivity index (χ0) is 19.4. The molecule has 1 aromatic heterocycles. The van der Waals surface area contributed by atoms with Crippen LogP contribution < -0.4 is 10.1 Å². The van der Waals surface area contributed by atoms with Gasteiger partial charge < -0.3 is 19.6 Å². The summed E-state index contributed by atoms with van der Waals surface area (Å²) < 4.78 is 10.7. The normalized spacial score (nSPS) is 10.4. The number of benzene rings is 2. The number of carboxylic acid groups (broad SMARTS) is 1. The highest BCUT2D eigenvalue weighted by Crippen LogP contribution is 2.33. The fourth-order valence-corrected chi connectivity index (χ4v) is 2.67. The van der Waals surface area contributed by atoms with Gasteiger partial charge in [-0.3, -0.25) is 4.79 Å². The van der Waals surface area contributed by atoms with Gasteiger partial charge in [0.25, 0.3) is 5.91 Å². The molecule has 0 radical (unpaired) electrons. The van der Waals surface area contributed by atoms with Crippen LogP contribution in [0.5, 0.6) is 5.75 Å². The van der Waals surface area contributed by atoms with Crippen molar-refractivity contribution in [3.8, 4) is 17.1 Å². The number of aryl methyl sites for hydroxylation is 1. The summed E-state index contributed by atoms with van der Waals surface area (Å²) in [6.07, 6.45) is 0.914. The maximum Gasteiger partial charge on any atom is 0.371 e. The Labute approximate surface area is 156 Å². The number of carboxylic acids is 1. The van der Waals surface area contributed by atoms with E-state index in [0.29, 0.717) is 28.3 Å². The summed E-state index contributed by atoms with van der Waals surface area (Å²) in [4.78, 5) is 23.4. The van der Waals surface area contributed by atoms with Gasteiger partial charge in [0, 0.05) is 17.3 Å². The van der Waals surface area contributed by atoms with Gasteiger partial charge in [-0.2, -0.15) is 0 Å². The molecule has 3 aromatic rings. The van der Waals surface area contributed by atoms with Gasteiger partial charge in [0.15, 0.2) is 0 Å². The van der Waals surface area contributed by atoms with Gasteiger partial charge in [0.05, 0.1) is 12.7 Å². The lowest BCUT2D eigenvalue weighted by Crippen LogP contribution is -2.12. The Morgan fingerprint density at radius 1 is 1.07 bits per heavy atom. The number of carbonyl (C=O) groups excluding carboxylic acids is 1. The van der Waals surface area contributed by atoms with E-state index in [-0.39, 0.29) is 11.7 Å². The standard InChI is InChI=1S/C21H19NO5/c1-3-13-4-6-14(7-5-13)20(23)22-15-8-9-16(19(12-15)26-2)17-10-11-18(27-17)21(24)25/h4-12H,3H2,1-2H3,(H,22,23)(H,24,25). The van der Waals surface area contributed by atoms with Gasteiger partial charge in [0.2, 0.25) is 5.76 Å². The molecule has 1 heterocycles. The van der Waals surface area contributed by atoms with Crippen LogP contribution in [0.1, 0.15) is 33.4 Å². The Morgan fingerprint density at radius 3 is 2.41 bits per heavy atom. The first-order chi connectivity index (χ1) is 13.0. The highest BCUT2D eigenvalue weighted by molar-refractivity contribution is 6.04. The van der Waals surface area contributed by atoms with E-state index in [2.05, 4.69) is 12.2 Å². The van der Waals surface area contributed by atoms with Crippen LogP contribution in [0.25, 0.3) is 11.3 Å². The summed E-state index contributed by atoms with van der Waals surface area (Å²) in [7, 11) is 1.49. The number of anilines is 1. The second-order valence-electron chi connectivity index (χ2n) is 5.89. The lowest BCUT2D eigenvalue weighted by atomic mass is 10.1. The van der Waals surface area contributed by atoms with Crippen molar-refractivity contribution in [2.45, 2.75) is 13.3 Å². The minimum absolute atomic E-state index is 0.153. The predicted octanol–water partition coefficient (Wildman–Crippen LogP) is 4.47. The monoisotopic (exact) mass is 365 g/mol. The second-order valence-corrected chi connectivity index (χ2v) is 5.89. The van der Waals surface area contributed by atoms with Crippen molar-refractivity contribution in [3.05, 3.63) is 71.5 Å². The number of hydrogen-bond acceptors (Lipinski definition) is 4. The van der Waals surface area contributed by atoms with E-state index in [1.165, 1.54) is 13.2 Å². The Bertz CT molecular complexity index is 972. The van der Waals surface area contributed by atoms with Crippen molar-refractivity contribution in [2.24, 2.45) is 0 Å². The van der Waals surface area contributed by atoms with Crippen LogP contribution >= 0.6 is 0 Å². The molecule has 0 aliphatic rings. The van der Waals surface area contributed by atoms with E-state index in [1.807, 2.05) is 12.1 Å². The van der Waals surface area contributed by atoms with Crippen molar-refractivity contribution in [2.75, 3.05) is 12.4 Å². The molecule has 0 saturated heterocycles. The molecule has 1 amide bonds. The molecule has 6 nitrogen and oxygen atoms in total. The number of aromatic carboxylic acids is 1. The fourth-order valence-electron chi connectivity index (χ4n) is 2.67. The Hall–Kier alpha value is -3.54. The van der Waals surface area contributed by atoms with E-state index in [0.717, 1.165) is 12.0 Å². The molecule has 3 rings (SSSR count). The Kier molecular flexibility index (Phi) is 5.26. The summed E-state index contributed by atoms with van der Waals surface area (Å²) in [6, 6.07) is 15.5. The largest absolute Gasteiger partial charge is 0.496 e. The van der Waals surface area contributed by atoms with Crippen molar-refractivity contribution < 1.29 is 23.8 Å². The highest BCUT2D eigenvalue weighted by Gasteiger charge is 2.15. The van der Waals surface area contributed by atoms with E-state index >= 15 is 0 Å². The molecular weight excluding hydrogens is 346 g/mol. The average Bonchev–Trinajstić information content (AvgIpc) is 3.18. The lowest BCUT2D eigenvalue weighted by molar-refractivity contribution is 0.0663. The number of amides is 1. The molecule has 0 saturated carbocycles. The van der Waals surface area contributed by atoms with E-state index < -0.39 is 5.97 Å². The first-order valence-corrected chi connectivity index (χ1v) is 8.43. The van der Waals surface area contributed by atoms with Gasteiger partial charge in [-0.1, -0.05) is 19.1 Å². The summed E-state index contributed by atoms with van der Waals surface area (Å²) in [6.45, 7) is 2.06. The number of furan rings is 1. The number of methoxy groups -OCH3 is 1. The molecule has 2 N–H and O–H groups in total. The van der Waals surface area contributed by atoms with Crippen molar-refractivity contribution in [1.82, 2.24) is 0 Å². The third kappa shape index (κ3) is 4.00. The van der Waals surface area contributed by atoms with Gasteiger partial charge >= 0.3 is 5.97 Å². The summed E-state index contributed by atoms with van der Waals surface area (Å²) in [5.74, 6) is -0.686. The van der Waals surface area contributed by atoms with Crippen LogP contribution in [0.4, 0.5) is 5.69 Å². The topological polar surface area (TPSA) is 88.8 Å². The maximum atomic E-state index is 12.4. The minimum Gasteiger partial charge on any atom is -0.496 e. The maximum absolute atomic E-state index is 12.4. The molecular formula is C21H19NO5. The predicted molar refractivity (Wildman–Crippen MR) is 101 cm³/mol. The molecule has 0 unspecified atom stereocenters. The molecule has 138 valence electrons. The Balaban J connectivity index is 1.82. The molecule has 0 bridgehead atoms. The quantitative estimate of drug-likeness (QED) is 0.673. The van der Waals surface area contributed by atoms with Crippen LogP contribution in [0.15, 0.2) is 59.0 Å². The van der Waals surface area contributed by atoms with Crippen molar-refractivity contribution >= 4 is 17.6 Å². The number of carbonyl (C=O) groups is 2. The van der Waals surface area contributed by atoms with E-state index in [4.69, 9.17) is 14.3 Å². The third-order valence-electron chi connectivity index (χ3n) is 4.17. The highest BCUT2D eigenvalue weighted by atomic mass is 16.5. The molecule has 2 aromatic carbocycles. The Morgan fingerprint density at radius 2 is 1.81 bits per heavy atom. The van der Waals surface area contributed by atoms with Gasteiger partial charge in [-0.15, -0.1) is 0 Å². The van der Waals surface area contributed by atoms with Gasteiger partial charge in [0.1, 0.15) is 11.5 Å². The summed E-state index contributed by atoms with van der Waals surface area (Å²) in [5, 5.41) is 11.8. The van der Waals surface area contributed by atoms with Crippen LogP contribution in [-0.4, -0.2) is 24.1 Å². The van der Waals surface area contributed by atoms with Crippen LogP contribution in [0.2, 0.25) is 0 Å².